The van der Waals surface area contributed by atoms with E-state index < -0.39 is 21.2 Å². The second kappa shape index (κ2) is 5.21. The molecule has 16 heavy (non-hydrogen) atoms. The van der Waals surface area contributed by atoms with Crippen LogP contribution in [0.4, 0.5) is 0 Å². The van der Waals surface area contributed by atoms with E-state index in [1.807, 2.05) is 19.1 Å². The molecule has 0 aliphatic heterocycles. The van der Waals surface area contributed by atoms with Gasteiger partial charge in [-0.3, -0.25) is 10.1 Å². The third-order valence-electron chi connectivity index (χ3n) is 2.21. The van der Waals surface area contributed by atoms with Crippen molar-refractivity contribution in [1.82, 2.24) is 0 Å². The molecule has 1 rings (SSSR count). The predicted octanol–water partition coefficient (Wildman–Crippen LogP) is 3.73. The largest absolute Gasteiger partial charge is 0.265 e. The van der Waals surface area contributed by atoms with Crippen LogP contribution in [-0.2, 0) is 0 Å². The lowest BCUT2D eigenvalue weighted by molar-refractivity contribution is -0.483. The highest BCUT2D eigenvalue weighted by Crippen LogP contribution is 2.41. The van der Waals surface area contributed by atoms with E-state index in [-0.39, 0.29) is 0 Å². The average molecular weight is 283 g/mol. The van der Waals surface area contributed by atoms with Crippen molar-refractivity contribution in [3.05, 3.63) is 45.5 Å². The molecule has 0 aromatic heterocycles. The van der Waals surface area contributed by atoms with Crippen LogP contribution in [0.15, 0.2) is 24.3 Å². The Morgan fingerprint density at radius 3 is 2.19 bits per heavy atom. The van der Waals surface area contributed by atoms with Gasteiger partial charge in [0, 0.05) is 4.92 Å². The number of alkyl halides is 3. The third kappa shape index (κ3) is 3.81. The molecule has 0 heterocycles. The van der Waals surface area contributed by atoms with E-state index >= 15 is 0 Å². The van der Waals surface area contributed by atoms with Crippen molar-refractivity contribution in [2.24, 2.45) is 0 Å². The Balaban J connectivity index is 3.01. The van der Waals surface area contributed by atoms with Gasteiger partial charge in [0.15, 0.2) is 0 Å². The van der Waals surface area contributed by atoms with Gasteiger partial charge in [-0.05, 0) is 12.5 Å². The van der Waals surface area contributed by atoms with Crippen LogP contribution in [0.5, 0.6) is 0 Å². The Bertz CT molecular complexity index is 373. The molecule has 0 saturated heterocycles. The molecule has 1 aromatic rings. The topological polar surface area (TPSA) is 43.1 Å². The van der Waals surface area contributed by atoms with Gasteiger partial charge in [-0.25, -0.2) is 0 Å². The minimum atomic E-state index is -1.68. The van der Waals surface area contributed by atoms with Crippen LogP contribution in [0.2, 0.25) is 0 Å². The van der Waals surface area contributed by atoms with E-state index in [9.17, 15) is 10.1 Å². The number of nitrogens with zero attached hydrogens (tertiary/aromatic N) is 1. The zero-order valence-electron chi connectivity index (χ0n) is 8.49. The fraction of sp³-hybridized carbons (Fsp3) is 0.400. The fourth-order valence-corrected chi connectivity index (χ4v) is 1.93. The standard InChI is InChI=1S/C10H10Cl3NO2/c1-7-2-4-8(5-3-7)9(6-14(15)16)10(11,12)13/h2-5,9H,6H2,1H3/t9-/m1/s1. The Hall–Kier alpha value is -0.510. The molecular weight excluding hydrogens is 272 g/mol. The minimum absolute atomic E-state index is 0.403. The zero-order chi connectivity index (χ0) is 12.3. The van der Waals surface area contributed by atoms with Crippen LogP contribution in [0, 0.1) is 17.0 Å². The quantitative estimate of drug-likeness (QED) is 0.482. The van der Waals surface area contributed by atoms with Crippen molar-refractivity contribution in [2.75, 3.05) is 6.54 Å². The molecular formula is C10H10Cl3NO2. The summed E-state index contributed by atoms with van der Waals surface area (Å²) in [7, 11) is 0. The van der Waals surface area contributed by atoms with Crippen LogP contribution < -0.4 is 0 Å². The molecule has 0 saturated carbocycles. The summed E-state index contributed by atoms with van der Waals surface area (Å²) in [5.74, 6) is -0.743. The summed E-state index contributed by atoms with van der Waals surface area (Å²) in [5.41, 5.74) is 1.70. The maximum absolute atomic E-state index is 10.5. The normalized spacial score (nSPS) is 13.5. The number of aryl methyl sites for hydroxylation is 1. The van der Waals surface area contributed by atoms with E-state index in [0.717, 1.165) is 5.56 Å². The number of rotatable bonds is 3. The van der Waals surface area contributed by atoms with Crippen molar-refractivity contribution in [2.45, 2.75) is 16.6 Å². The maximum atomic E-state index is 10.5. The van der Waals surface area contributed by atoms with E-state index in [2.05, 4.69) is 0 Å². The van der Waals surface area contributed by atoms with Gasteiger partial charge in [-0.15, -0.1) is 0 Å². The first kappa shape index (κ1) is 13.6. The lowest BCUT2D eigenvalue weighted by Gasteiger charge is -2.21. The monoisotopic (exact) mass is 281 g/mol. The van der Waals surface area contributed by atoms with Crippen LogP contribution in [0.1, 0.15) is 17.0 Å². The second-order valence-corrected chi connectivity index (χ2v) is 5.89. The summed E-state index contributed by atoms with van der Waals surface area (Å²) in [6, 6.07) is 7.15. The molecule has 88 valence electrons. The smallest absolute Gasteiger partial charge is 0.214 e. The molecule has 0 fully saturated rings. The van der Waals surface area contributed by atoms with Crippen molar-refractivity contribution >= 4 is 34.8 Å². The first-order valence-electron chi connectivity index (χ1n) is 4.56. The molecule has 0 N–H and O–H groups in total. The van der Waals surface area contributed by atoms with Crippen LogP contribution in [0.3, 0.4) is 0 Å². The van der Waals surface area contributed by atoms with Crippen molar-refractivity contribution in [3.8, 4) is 0 Å². The third-order valence-corrected chi connectivity index (χ3v) is 3.00. The molecule has 1 atom stereocenters. The second-order valence-electron chi connectivity index (χ2n) is 3.52. The van der Waals surface area contributed by atoms with Gasteiger partial charge in [0.05, 0.1) is 5.92 Å². The van der Waals surface area contributed by atoms with Crippen molar-refractivity contribution in [1.29, 1.82) is 0 Å². The van der Waals surface area contributed by atoms with E-state index in [4.69, 9.17) is 34.8 Å². The molecule has 0 unspecified atom stereocenters. The Morgan fingerprint density at radius 2 is 1.81 bits per heavy atom. The number of halogens is 3. The summed E-state index contributed by atoms with van der Waals surface area (Å²) in [6.45, 7) is 1.52. The summed E-state index contributed by atoms with van der Waals surface area (Å²) >= 11 is 17.2. The molecule has 0 radical (unpaired) electrons. The summed E-state index contributed by atoms with van der Waals surface area (Å²) in [4.78, 5) is 10.0. The van der Waals surface area contributed by atoms with Gasteiger partial charge in [0.25, 0.3) is 0 Å². The first-order chi connectivity index (χ1) is 7.30. The van der Waals surface area contributed by atoms with Gasteiger partial charge in [-0.1, -0.05) is 64.6 Å². The first-order valence-corrected chi connectivity index (χ1v) is 5.69. The van der Waals surface area contributed by atoms with Gasteiger partial charge >= 0.3 is 0 Å². The molecule has 0 bridgehead atoms. The SMILES string of the molecule is Cc1ccc([C@@H](C[N+](=O)[O-])C(Cl)(Cl)Cl)cc1. The summed E-state index contributed by atoms with van der Waals surface area (Å²) in [5, 5.41) is 10.5. The van der Waals surface area contributed by atoms with Crippen LogP contribution in [-0.4, -0.2) is 15.3 Å². The number of hydrogen-bond donors (Lipinski definition) is 0. The van der Waals surface area contributed by atoms with Gasteiger partial charge < -0.3 is 0 Å². The van der Waals surface area contributed by atoms with E-state index in [1.54, 1.807) is 12.1 Å². The van der Waals surface area contributed by atoms with Gasteiger partial charge in [0.2, 0.25) is 10.3 Å². The van der Waals surface area contributed by atoms with Crippen molar-refractivity contribution < 1.29 is 4.92 Å². The molecule has 0 spiro atoms. The molecule has 0 aliphatic carbocycles. The molecule has 1 aromatic carbocycles. The lowest BCUT2D eigenvalue weighted by atomic mass is 9.99. The Kier molecular flexibility index (Phi) is 4.42. The maximum Gasteiger partial charge on any atom is 0.214 e. The average Bonchev–Trinajstić information content (AvgIpc) is 2.14. The Morgan fingerprint density at radius 1 is 1.31 bits per heavy atom. The predicted molar refractivity (Wildman–Crippen MR) is 66.1 cm³/mol. The zero-order valence-corrected chi connectivity index (χ0v) is 10.8. The molecule has 0 amide bonds. The highest BCUT2D eigenvalue weighted by Gasteiger charge is 2.37. The highest BCUT2D eigenvalue weighted by molar-refractivity contribution is 6.68. The summed E-state index contributed by atoms with van der Waals surface area (Å²) < 4.78 is -1.68. The lowest BCUT2D eigenvalue weighted by Crippen LogP contribution is -2.25. The van der Waals surface area contributed by atoms with Crippen LogP contribution in [0.25, 0.3) is 0 Å². The number of nitro groups is 1. The number of benzene rings is 1. The van der Waals surface area contributed by atoms with Crippen LogP contribution >= 0.6 is 34.8 Å². The fourth-order valence-electron chi connectivity index (χ4n) is 1.35. The van der Waals surface area contributed by atoms with E-state index in [1.165, 1.54) is 0 Å². The highest BCUT2D eigenvalue weighted by atomic mass is 35.6. The minimum Gasteiger partial charge on any atom is -0.265 e. The van der Waals surface area contributed by atoms with E-state index in [0.29, 0.717) is 5.56 Å². The molecule has 0 aliphatic rings. The Labute approximate surface area is 108 Å². The van der Waals surface area contributed by atoms with Gasteiger partial charge in [0.1, 0.15) is 0 Å². The number of hydrogen-bond acceptors (Lipinski definition) is 2. The summed E-state index contributed by atoms with van der Waals surface area (Å²) in [6.07, 6.45) is 0. The molecule has 6 heteroatoms. The van der Waals surface area contributed by atoms with Crippen molar-refractivity contribution in [3.63, 3.8) is 0 Å². The molecule has 3 nitrogen and oxygen atoms in total. The van der Waals surface area contributed by atoms with Gasteiger partial charge in [-0.2, -0.15) is 0 Å².